The van der Waals surface area contributed by atoms with Gasteiger partial charge in [-0.3, -0.25) is 4.90 Å². The number of halogens is 2. The predicted molar refractivity (Wildman–Crippen MR) is 166 cm³/mol. The zero-order valence-electron chi connectivity index (χ0n) is 22.7. The number of benzene rings is 4. The van der Waals surface area contributed by atoms with E-state index in [4.69, 9.17) is 23.8 Å². The second-order valence-electron chi connectivity index (χ2n) is 9.10. The first-order valence-electron chi connectivity index (χ1n) is 12.6. The molecule has 4 aromatic rings. The molecule has 0 aliphatic carbocycles. The van der Waals surface area contributed by atoms with E-state index in [1.165, 1.54) is 21.5 Å². The van der Waals surface area contributed by atoms with Crippen LogP contribution in [-0.4, -0.2) is 24.1 Å². The molecule has 206 valence electrons. The Morgan fingerprint density at radius 1 is 0.632 bits per heavy atom. The summed E-state index contributed by atoms with van der Waals surface area (Å²) in [5.74, 6) is 0.921. The summed E-state index contributed by atoms with van der Waals surface area (Å²) in [7, 11) is 10.9. The van der Waals surface area contributed by atoms with E-state index in [1.54, 1.807) is 7.11 Å². The van der Waals surface area contributed by atoms with Gasteiger partial charge in [0.15, 0.2) is 0 Å². The molecule has 0 saturated carbocycles. The van der Waals surface area contributed by atoms with Gasteiger partial charge in [0.25, 0.3) is 0 Å². The third kappa shape index (κ3) is 11.2. The third-order valence-electron chi connectivity index (χ3n) is 5.89. The van der Waals surface area contributed by atoms with Crippen LogP contribution in [0.4, 0.5) is 0 Å². The van der Waals surface area contributed by atoms with Crippen LogP contribution in [0.25, 0.3) is 0 Å². The van der Waals surface area contributed by atoms with Crippen molar-refractivity contribution in [2.75, 3.05) is 7.11 Å². The zero-order chi connectivity index (χ0) is 27.8. The summed E-state index contributed by atoms with van der Waals surface area (Å²) in [6, 6.07) is 41.8. The molecule has 0 aromatic heterocycles. The van der Waals surface area contributed by atoms with Crippen LogP contribution in [-0.2, 0) is 22.5 Å². The summed E-state index contributed by atoms with van der Waals surface area (Å²) < 4.78 is 5.16. The molecule has 2 nitrogen and oxygen atoms in total. The van der Waals surface area contributed by atoms with Gasteiger partial charge >= 0.3 is 35.0 Å². The van der Waals surface area contributed by atoms with Crippen LogP contribution < -0.4 is 20.7 Å². The minimum atomic E-state index is -0.446. The third-order valence-corrected chi connectivity index (χ3v) is 8.34. The van der Waals surface area contributed by atoms with Gasteiger partial charge in [0.1, 0.15) is 5.75 Å². The smallest absolute Gasteiger partial charge is 0.0134 e. The second kappa shape index (κ2) is 18.6. The number of hydrogen-bond donors (Lipinski definition) is 0. The van der Waals surface area contributed by atoms with Crippen LogP contribution in [0.5, 0.6) is 5.75 Å². The van der Waals surface area contributed by atoms with Gasteiger partial charge < -0.3 is 4.74 Å². The van der Waals surface area contributed by atoms with E-state index in [2.05, 4.69) is 136 Å². The molecule has 0 aliphatic heterocycles. The maximum absolute atomic E-state index is 5.16. The molecule has 0 spiro atoms. The Kier molecular flexibility index (Phi) is 15.9. The van der Waals surface area contributed by atoms with E-state index in [1.807, 2.05) is 12.1 Å². The Morgan fingerprint density at radius 3 is 1.26 bits per heavy atom. The van der Waals surface area contributed by atoms with Gasteiger partial charge in [-0.1, -0.05) is 103 Å². The minimum Gasteiger partial charge on any atom is -0.0622 e. The van der Waals surface area contributed by atoms with Crippen molar-refractivity contribution in [3.8, 4) is 5.75 Å². The van der Waals surface area contributed by atoms with Crippen LogP contribution in [0.3, 0.4) is 0 Å². The number of nitrogens with zero attached hydrogens (tertiary/aromatic N) is 1. The van der Waals surface area contributed by atoms with Crippen LogP contribution in [0.2, 0.25) is 0 Å². The fourth-order valence-corrected chi connectivity index (χ4v) is 6.39. The number of ether oxygens (including phenoxy) is 1. The zero-order valence-corrected chi connectivity index (χ0v) is 26.7. The Balaban J connectivity index is 0.000000246. The van der Waals surface area contributed by atoms with Gasteiger partial charge in [-0.2, -0.15) is 0 Å². The Hall–Kier alpha value is -1.69. The Labute approximate surface area is 247 Å². The molecule has 4 aromatic carbocycles. The average Bonchev–Trinajstić information content (AvgIpc) is 2.94. The van der Waals surface area contributed by atoms with Crippen molar-refractivity contribution in [3.63, 3.8) is 0 Å². The summed E-state index contributed by atoms with van der Waals surface area (Å²) >= 11 is -0.106. The average molecular weight is 661 g/mol. The van der Waals surface area contributed by atoms with Crippen molar-refractivity contribution in [2.45, 2.75) is 46.3 Å². The van der Waals surface area contributed by atoms with Gasteiger partial charge in [-0.25, -0.2) is 0 Å². The van der Waals surface area contributed by atoms with Crippen molar-refractivity contribution in [1.29, 1.82) is 0 Å². The maximum atomic E-state index is 5.16. The minimum absolute atomic E-state index is 0.106. The fraction of sp³-hybridized carbons (Fsp3) is 0.250. The van der Waals surface area contributed by atoms with Crippen LogP contribution in [0.15, 0.2) is 115 Å². The van der Waals surface area contributed by atoms with E-state index < -0.39 is 7.92 Å². The molecular weight excluding hydrogens is 623 g/mol. The summed E-state index contributed by atoms with van der Waals surface area (Å²) in [6.07, 6.45) is 0. The second-order valence-corrected chi connectivity index (χ2v) is 13.7. The monoisotopic (exact) mass is 659 g/mol. The van der Waals surface area contributed by atoms with E-state index in [-0.39, 0.29) is 15.9 Å². The van der Waals surface area contributed by atoms with E-state index >= 15 is 0 Å². The standard InChI is InChI=1S/C18H15P.C14H23NO.2ClH.Pd/c1-4-10-16(11-5-1)19(17-12-6-2-7-13-17)18-14-8-3-9-15-18;1-11(2)15(12(3)4)10-13-6-8-14(16-5)9-7-13;;;/h1-15H;6-9,11-12H,10H2,1-5H3;2*1H;/q;;;;+2/p-2. The Bertz CT molecular complexity index is 1030. The molecule has 0 heterocycles. The summed E-state index contributed by atoms with van der Waals surface area (Å²) in [5, 5.41) is 4.19. The fourth-order valence-electron chi connectivity index (χ4n) is 4.08. The summed E-state index contributed by atoms with van der Waals surface area (Å²) in [6.45, 7) is 9.96. The van der Waals surface area contributed by atoms with E-state index in [9.17, 15) is 0 Å². The van der Waals surface area contributed by atoms with Crippen molar-refractivity contribution in [2.24, 2.45) is 0 Å². The molecule has 0 fully saturated rings. The quantitative estimate of drug-likeness (QED) is 0.140. The van der Waals surface area contributed by atoms with Crippen LogP contribution in [0, 0.1) is 0 Å². The topological polar surface area (TPSA) is 12.5 Å². The molecule has 38 heavy (non-hydrogen) atoms. The van der Waals surface area contributed by atoms with Gasteiger partial charge in [0, 0.05) is 18.6 Å². The molecule has 0 amide bonds. The molecule has 0 bridgehead atoms. The first kappa shape index (κ1) is 32.5. The van der Waals surface area contributed by atoms with Gasteiger partial charge in [-0.15, -0.1) is 0 Å². The first-order valence-corrected chi connectivity index (χ1v) is 17.9. The molecular formula is C32H38Cl2NOPPd. The predicted octanol–water partition coefficient (Wildman–Crippen LogP) is 8.14. The first-order chi connectivity index (χ1) is 18.4. The summed E-state index contributed by atoms with van der Waals surface area (Å²) in [5.41, 5.74) is 1.34. The molecule has 0 aliphatic rings. The molecule has 4 rings (SSSR count). The summed E-state index contributed by atoms with van der Waals surface area (Å²) in [4.78, 5) is 2.47. The van der Waals surface area contributed by atoms with Crippen molar-refractivity contribution >= 4 is 42.9 Å². The van der Waals surface area contributed by atoms with Crippen LogP contribution >= 0.6 is 27.0 Å². The molecule has 0 saturated heterocycles. The molecule has 0 unspecified atom stereocenters. The van der Waals surface area contributed by atoms with Gasteiger partial charge in [-0.05, 0) is 69.2 Å². The molecule has 0 N–H and O–H groups in total. The normalized spacial score (nSPS) is 10.7. The van der Waals surface area contributed by atoms with Gasteiger partial charge in [0.05, 0.1) is 7.11 Å². The SMILES string of the molecule is COc1ccc(CN(C(C)C)C(C)C)cc1.[Cl][Pd][Cl].c1ccc(P(c2ccccc2)c2ccccc2)cc1. The van der Waals surface area contributed by atoms with E-state index in [0.717, 1.165) is 12.3 Å². The largest absolute Gasteiger partial charge is 0.0622 e. The number of rotatable bonds is 8. The number of methoxy groups -OCH3 is 1. The van der Waals surface area contributed by atoms with Crippen molar-refractivity contribution in [1.82, 2.24) is 4.90 Å². The van der Waals surface area contributed by atoms with E-state index in [0.29, 0.717) is 12.1 Å². The Morgan fingerprint density at radius 2 is 0.974 bits per heavy atom. The molecule has 0 atom stereocenters. The van der Waals surface area contributed by atoms with Crippen LogP contribution in [0.1, 0.15) is 33.3 Å². The number of hydrogen-bond acceptors (Lipinski definition) is 2. The van der Waals surface area contributed by atoms with Gasteiger partial charge in [0.2, 0.25) is 0 Å². The van der Waals surface area contributed by atoms with Crippen molar-refractivity contribution < 1.29 is 20.7 Å². The van der Waals surface area contributed by atoms with Crippen molar-refractivity contribution in [3.05, 3.63) is 121 Å². The maximum Gasteiger partial charge on any atom is -0.0134 e. The molecule has 0 radical (unpaired) electrons. The molecule has 6 heteroatoms.